The van der Waals surface area contributed by atoms with E-state index in [0.29, 0.717) is 0 Å². The molecule has 4 N–H and O–H groups in total. The van der Waals surface area contributed by atoms with Gasteiger partial charge in [-0.05, 0) is 31.0 Å². The number of alkyl halides is 3. The highest BCUT2D eigenvalue weighted by molar-refractivity contribution is 6.09. The van der Waals surface area contributed by atoms with Gasteiger partial charge in [-0.15, -0.1) is 0 Å². The Hall–Kier alpha value is -2.66. The maximum absolute atomic E-state index is 13.5. The Labute approximate surface area is 158 Å². The van der Waals surface area contributed by atoms with Crippen LogP contribution in [0.4, 0.5) is 24.5 Å². The molecule has 1 aliphatic carbocycles. The second-order valence-corrected chi connectivity index (χ2v) is 6.59. The third kappa shape index (κ3) is 4.60. The number of carbonyl (C=O) groups is 3. The van der Waals surface area contributed by atoms with Crippen molar-refractivity contribution >= 4 is 29.1 Å². The van der Waals surface area contributed by atoms with E-state index in [1.165, 1.54) is 6.07 Å². The molecule has 8 nitrogen and oxygen atoms in total. The fourth-order valence-corrected chi connectivity index (χ4v) is 2.84. The van der Waals surface area contributed by atoms with Crippen molar-refractivity contribution in [3.05, 3.63) is 23.8 Å². The van der Waals surface area contributed by atoms with Gasteiger partial charge in [0.2, 0.25) is 5.91 Å². The molecule has 0 radical (unpaired) electrons. The van der Waals surface area contributed by atoms with Crippen LogP contribution in [0, 0.1) is 0 Å². The van der Waals surface area contributed by atoms with Gasteiger partial charge in [-0.25, -0.2) is 0 Å². The number of ether oxygens (including phenoxy) is 1. The standard InChI is InChI=1S/C17H19F3N4O4/c18-17(19,20)11-7-10(3-4-12(11)24-5-6-28-8-13(24)25)23-16(27)14(15(21)26)22-9-1-2-9/h3-4,7,9,14,22H,1-2,5-6,8H2,(H2,21,26)(H,23,27)/t14-/m1/s1. The molecule has 0 spiro atoms. The predicted octanol–water partition coefficient (Wildman–Crippen LogP) is 0.613. The van der Waals surface area contributed by atoms with Crippen LogP contribution >= 0.6 is 0 Å². The number of hydrogen-bond acceptors (Lipinski definition) is 5. The summed E-state index contributed by atoms with van der Waals surface area (Å²) in [5.41, 5.74) is 3.65. The molecule has 0 unspecified atom stereocenters. The molecule has 1 aliphatic heterocycles. The van der Waals surface area contributed by atoms with Crippen LogP contribution < -0.4 is 21.3 Å². The molecular formula is C17H19F3N4O4. The Morgan fingerprint density at radius 2 is 2.00 bits per heavy atom. The molecule has 3 rings (SSSR count). The van der Waals surface area contributed by atoms with Crippen molar-refractivity contribution in [2.24, 2.45) is 5.73 Å². The summed E-state index contributed by atoms with van der Waals surface area (Å²) in [6.45, 7) is -0.194. The van der Waals surface area contributed by atoms with E-state index in [4.69, 9.17) is 10.5 Å². The molecule has 1 aromatic rings. The second kappa shape index (κ2) is 7.76. The molecule has 1 atom stereocenters. The van der Waals surface area contributed by atoms with Gasteiger partial charge in [-0.3, -0.25) is 19.7 Å². The van der Waals surface area contributed by atoms with Crippen LogP contribution in [0.3, 0.4) is 0 Å². The van der Waals surface area contributed by atoms with Crippen molar-refractivity contribution < 1.29 is 32.3 Å². The van der Waals surface area contributed by atoms with Crippen LogP contribution in [0.25, 0.3) is 0 Å². The second-order valence-electron chi connectivity index (χ2n) is 6.59. The summed E-state index contributed by atoms with van der Waals surface area (Å²) in [6, 6.07) is 1.71. The van der Waals surface area contributed by atoms with Crippen molar-refractivity contribution in [1.29, 1.82) is 0 Å². The van der Waals surface area contributed by atoms with Crippen molar-refractivity contribution in [2.45, 2.75) is 31.1 Å². The fraction of sp³-hybridized carbons (Fsp3) is 0.471. The molecule has 0 bridgehead atoms. The minimum absolute atomic E-state index is 0.0105. The maximum Gasteiger partial charge on any atom is 0.418 e. The number of carbonyl (C=O) groups excluding carboxylic acids is 3. The van der Waals surface area contributed by atoms with Gasteiger partial charge in [0.25, 0.3) is 11.8 Å². The smallest absolute Gasteiger partial charge is 0.370 e. The molecule has 3 amide bonds. The molecule has 2 fully saturated rings. The SMILES string of the molecule is NC(=O)[C@@H](NC1CC1)C(=O)Nc1ccc(N2CCOCC2=O)c(C(F)(F)F)c1. The topological polar surface area (TPSA) is 114 Å². The summed E-state index contributed by atoms with van der Waals surface area (Å²) < 4.78 is 45.6. The lowest BCUT2D eigenvalue weighted by molar-refractivity contribution is -0.137. The van der Waals surface area contributed by atoms with Crippen molar-refractivity contribution in [1.82, 2.24) is 5.32 Å². The largest absolute Gasteiger partial charge is 0.418 e. The number of nitrogens with zero attached hydrogens (tertiary/aromatic N) is 1. The summed E-state index contributed by atoms with van der Waals surface area (Å²) in [7, 11) is 0. The fourth-order valence-electron chi connectivity index (χ4n) is 2.84. The number of nitrogens with one attached hydrogen (secondary N) is 2. The molecular weight excluding hydrogens is 381 g/mol. The van der Waals surface area contributed by atoms with Gasteiger partial charge in [-0.2, -0.15) is 13.2 Å². The number of morpholine rings is 1. The van der Waals surface area contributed by atoms with Crippen LogP contribution in [0.2, 0.25) is 0 Å². The lowest BCUT2D eigenvalue weighted by Crippen LogP contribution is -2.50. The van der Waals surface area contributed by atoms with Gasteiger partial charge in [0.1, 0.15) is 6.61 Å². The molecule has 28 heavy (non-hydrogen) atoms. The van der Waals surface area contributed by atoms with E-state index in [-0.39, 0.29) is 37.2 Å². The number of rotatable bonds is 6. The maximum atomic E-state index is 13.5. The van der Waals surface area contributed by atoms with E-state index in [1.54, 1.807) is 0 Å². The summed E-state index contributed by atoms with van der Waals surface area (Å²) >= 11 is 0. The van der Waals surface area contributed by atoms with Gasteiger partial charge in [0.05, 0.1) is 17.9 Å². The van der Waals surface area contributed by atoms with Gasteiger partial charge >= 0.3 is 6.18 Å². The molecule has 1 aromatic carbocycles. The Kier molecular flexibility index (Phi) is 5.57. The highest BCUT2D eigenvalue weighted by Crippen LogP contribution is 2.38. The first-order valence-corrected chi connectivity index (χ1v) is 8.62. The first-order chi connectivity index (χ1) is 13.2. The molecule has 2 aliphatic rings. The highest BCUT2D eigenvalue weighted by atomic mass is 19.4. The first-order valence-electron chi connectivity index (χ1n) is 8.62. The monoisotopic (exact) mass is 400 g/mol. The summed E-state index contributed by atoms with van der Waals surface area (Å²) in [6.07, 6.45) is -3.18. The van der Waals surface area contributed by atoms with Crippen molar-refractivity contribution in [2.75, 3.05) is 30.0 Å². The Balaban J connectivity index is 1.85. The van der Waals surface area contributed by atoms with E-state index in [2.05, 4.69) is 10.6 Å². The van der Waals surface area contributed by atoms with Crippen LogP contribution in [0.1, 0.15) is 18.4 Å². The average molecular weight is 400 g/mol. The van der Waals surface area contributed by atoms with E-state index in [1.807, 2.05) is 0 Å². The predicted molar refractivity (Wildman–Crippen MR) is 92.4 cm³/mol. The number of benzene rings is 1. The number of amides is 3. The molecule has 152 valence electrons. The van der Waals surface area contributed by atoms with Crippen molar-refractivity contribution in [3.8, 4) is 0 Å². The normalized spacial score (nSPS) is 18.7. The van der Waals surface area contributed by atoms with Gasteiger partial charge in [-0.1, -0.05) is 0 Å². The molecule has 1 saturated carbocycles. The quantitative estimate of drug-likeness (QED) is 0.606. The Bertz CT molecular complexity index is 795. The number of anilines is 2. The van der Waals surface area contributed by atoms with E-state index >= 15 is 0 Å². The molecule has 11 heteroatoms. The van der Waals surface area contributed by atoms with Crippen LogP contribution in [-0.2, 0) is 25.3 Å². The summed E-state index contributed by atoms with van der Waals surface area (Å²) in [5, 5.41) is 5.03. The van der Waals surface area contributed by atoms with Crippen LogP contribution in [0.15, 0.2) is 18.2 Å². The summed E-state index contributed by atoms with van der Waals surface area (Å²) in [4.78, 5) is 36.7. The van der Waals surface area contributed by atoms with Crippen molar-refractivity contribution in [3.63, 3.8) is 0 Å². The van der Waals surface area contributed by atoms with E-state index < -0.39 is 35.5 Å². The zero-order chi connectivity index (χ0) is 20.5. The van der Waals surface area contributed by atoms with Crippen LogP contribution in [0.5, 0.6) is 0 Å². The van der Waals surface area contributed by atoms with Gasteiger partial charge < -0.3 is 20.7 Å². The molecule has 0 aromatic heterocycles. The molecule has 1 saturated heterocycles. The van der Waals surface area contributed by atoms with Crippen LogP contribution in [-0.4, -0.2) is 49.6 Å². The van der Waals surface area contributed by atoms with Gasteiger partial charge in [0.15, 0.2) is 6.04 Å². The Morgan fingerprint density at radius 1 is 1.29 bits per heavy atom. The van der Waals surface area contributed by atoms with E-state index in [9.17, 15) is 27.6 Å². The highest BCUT2D eigenvalue weighted by Gasteiger charge is 2.38. The first kappa shape index (κ1) is 20.1. The third-order valence-electron chi connectivity index (χ3n) is 4.37. The number of halogens is 3. The number of nitrogens with two attached hydrogens (primary N) is 1. The lowest BCUT2D eigenvalue weighted by atomic mass is 10.1. The Morgan fingerprint density at radius 3 is 2.57 bits per heavy atom. The summed E-state index contributed by atoms with van der Waals surface area (Å²) in [5.74, 6) is -2.35. The minimum Gasteiger partial charge on any atom is -0.370 e. The van der Waals surface area contributed by atoms with Gasteiger partial charge in [0, 0.05) is 18.3 Å². The minimum atomic E-state index is -4.76. The zero-order valence-corrected chi connectivity index (χ0v) is 14.7. The zero-order valence-electron chi connectivity index (χ0n) is 14.7. The average Bonchev–Trinajstić information content (AvgIpc) is 3.43. The van der Waals surface area contributed by atoms with E-state index in [0.717, 1.165) is 29.9 Å². The number of hydrogen-bond donors (Lipinski definition) is 3. The molecule has 1 heterocycles. The number of primary amides is 1. The lowest BCUT2D eigenvalue weighted by Gasteiger charge is -2.29. The third-order valence-corrected chi connectivity index (χ3v) is 4.37.